The van der Waals surface area contributed by atoms with Gasteiger partial charge < -0.3 is 14.8 Å². The first-order chi connectivity index (χ1) is 18.2. The van der Waals surface area contributed by atoms with E-state index in [4.69, 9.17) is 4.42 Å². The zero-order valence-electron chi connectivity index (χ0n) is 21.7. The van der Waals surface area contributed by atoms with E-state index in [1.165, 1.54) is 0 Å². The van der Waals surface area contributed by atoms with Crippen LogP contribution in [-0.2, 0) is 27.0 Å². The molecule has 1 aromatic carbocycles. The molecule has 0 aliphatic heterocycles. The second-order valence-electron chi connectivity index (χ2n) is 10.4. The third-order valence-electron chi connectivity index (χ3n) is 7.68. The highest BCUT2D eigenvalue weighted by Gasteiger charge is 2.49. The molecule has 0 unspecified atom stereocenters. The van der Waals surface area contributed by atoms with Gasteiger partial charge in [0.2, 0.25) is 15.7 Å². The Hall–Kier alpha value is -3.24. The number of nitrogens with one attached hydrogen (secondary N) is 2. The van der Waals surface area contributed by atoms with E-state index in [0.29, 0.717) is 48.1 Å². The predicted molar refractivity (Wildman–Crippen MR) is 143 cm³/mol. The molecule has 2 aliphatic carbocycles. The van der Waals surface area contributed by atoms with Crippen LogP contribution in [0.4, 0.5) is 0 Å². The molecule has 0 bridgehead atoms. The molecule has 3 N–H and O–H groups in total. The number of amides is 1. The van der Waals surface area contributed by atoms with Crippen LogP contribution in [0.25, 0.3) is 22.4 Å². The first-order valence-electron chi connectivity index (χ1n) is 13.1. The first kappa shape index (κ1) is 26.4. The number of carboxylic acids is 1. The number of hydrogen-bond donors (Lipinski definition) is 3. The number of rotatable bonds is 12. The van der Waals surface area contributed by atoms with E-state index in [1.807, 2.05) is 30.3 Å². The zero-order valence-corrected chi connectivity index (χ0v) is 22.5. The number of furan rings is 1. The molecule has 3 aromatic rings. The summed E-state index contributed by atoms with van der Waals surface area (Å²) in [5.74, 6) is -0.806. The molecule has 2 aliphatic rings. The van der Waals surface area contributed by atoms with Crippen molar-refractivity contribution in [1.82, 2.24) is 15.0 Å². The van der Waals surface area contributed by atoms with Crippen molar-refractivity contribution in [3.63, 3.8) is 0 Å². The van der Waals surface area contributed by atoms with Gasteiger partial charge in [-0.3, -0.25) is 9.59 Å². The Kier molecular flexibility index (Phi) is 7.04. The molecule has 0 radical (unpaired) electrons. The predicted octanol–water partition coefficient (Wildman–Crippen LogP) is 4.36. The van der Waals surface area contributed by atoms with Crippen molar-refractivity contribution in [1.29, 1.82) is 0 Å². The van der Waals surface area contributed by atoms with Crippen LogP contribution < -0.4 is 10.0 Å². The van der Waals surface area contributed by atoms with Gasteiger partial charge in [0.1, 0.15) is 11.5 Å². The molecule has 38 heavy (non-hydrogen) atoms. The number of aliphatic carboxylic acids is 1. The minimum atomic E-state index is -3.71. The number of pyridine rings is 1. The minimum absolute atomic E-state index is 0.178. The topological polar surface area (TPSA) is 139 Å². The molecule has 9 nitrogen and oxygen atoms in total. The van der Waals surface area contributed by atoms with Gasteiger partial charge in [0.15, 0.2) is 0 Å². The quantitative estimate of drug-likeness (QED) is 0.291. The lowest BCUT2D eigenvalue weighted by atomic mass is 10.0. The molecule has 10 heteroatoms. The maximum absolute atomic E-state index is 13.0. The number of aryl methyl sites for hydroxylation is 1. The van der Waals surface area contributed by atoms with Crippen LogP contribution >= 0.6 is 0 Å². The van der Waals surface area contributed by atoms with Crippen LogP contribution in [0.3, 0.4) is 0 Å². The number of carbonyl (C=O) groups is 2. The third kappa shape index (κ3) is 5.33. The molecule has 2 saturated carbocycles. The molecule has 202 valence electrons. The molecule has 2 heterocycles. The van der Waals surface area contributed by atoms with Crippen LogP contribution in [0.2, 0.25) is 0 Å². The van der Waals surface area contributed by atoms with Crippen LogP contribution in [0.1, 0.15) is 78.5 Å². The SMILES string of the molecule is CCc1ccc(-c2oc3nc(CS(=O)(=O)NCCCC4(C(=O)O)CC4)c(C4CC4)cc3c2C(=O)NC)cc1. The summed E-state index contributed by atoms with van der Waals surface area (Å²) >= 11 is 0. The van der Waals surface area contributed by atoms with E-state index < -0.39 is 21.4 Å². The number of carbonyl (C=O) groups excluding carboxylic acids is 1. The maximum Gasteiger partial charge on any atom is 0.309 e. The Morgan fingerprint density at radius 3 is 2.47 bits per heavy atom. The molecular weight excluding hydrogens is 506 g/mol. The Balaban J connectivity index is 1.43. The van der Waals surface area contributed by atoms with Gasteiger partial charge in [-0.25, -0.2) is 18.1 Å². The van der Waals surface area contributed by atoms with Crippen molar-refractivity contribution in [2.24, 2.45) is 5.41 Å². The summed E-state index contributed by atoms with van der Waals surface area (Å²) < 4.78 is 34.6. The van der Waals surface area contributed by atoms with Gasteiger partial charge in [-0.05, 0) is 68.1 Å². The van der Waals surface area contributed by atoms with E-state index in [1.54, 1.807) is 7.05 Å². The maximum atomic E-state index is 13.0. The van der Waals surface area contributed by atoms with Gasteiger partial charge in [0.05, 0.1) is 22.1 Å². The second-order valence-corrected chi connectivity index (χ2v) is 12.2. The van der Waals surface area contributed by atoms with Crippen molar-refractivity contribution in [2.75, 3.05) is 13.6 Å². The van der Waals surface area contributed by atoms with Crippen LogP contribution in [-0.4, -0.2) is 44.0 Å². The number of fused-ring (bicyclic) bond motifs is 1. The summed E-state index contributed by atoms with van der Waals surface area (Å²) in [5.41, 5.74) is 3.10. The van der Waals surface area contributed by atoms with Crippen LogP contribution in [0.5, 0.6) is 0 Å². The minimum Gasteiger partial charge on any atom is -0.481 e. The fourth-order valence-corrected chi connectivity index (χ4v) is 6.14. The van der Waals surface area contributed by atoms with E-state index in [0.717, 1.165) is 36.0 Å². The van der Waals surface area contributed by atoms with Crippen molar-refractivity contribution >= 4 is 33.0 Å². The second kappa shape index (κ2) is 10.1. The summed E-state index contributed by atoms with van der Waals surface area (Å²) in [7, 11) is -2.15. The van der Waals surface area contributed by atoms with Gasteiger partial charge in [-0.1, -0.05) is 31.2 Å². The lowest BCUT2D eigenvalue weighted by Gasteiger charge is -2.12. The van der Waals surface area contributed by atoms with Gasteiger partial charge in [0, 0.05) is 19.2 Å². The van der Waals surface area contributed by atoms with Gasteiger partial charge in [-0.2, -0.15) is 0 Å². The van der Waals surface area contributed by atoms with Crippen molar-refractivity contribution in [2.45, 2.75) is 63.5 Å². The largest absolute Gasteiger partial charge is 0.481 e. The summed E-state index contributed by atoms with van der Waals surface area (Å²) in [4.78, 5) is 28.9. The average molecular weight is 540 g/mol. The molecule has 2 aromatic heterocycles. The van der Waals surface area contributed by atoms with Gasteiger partial charge in [0.25, 0.3) is 5.91 Å². The van der Waals surface area contributed by atoms with Crippen molar-refractivity contribution in [3.05, 3.63) is 52.7 Å². The highest BCUT2D eigenvalue weighted by molar-refractivity contribution is 7.88. The molecular formula is C28H33N3O6S. The Morgan fingerprint density at radius 1 is 1.18 bits per heavy atom. The Morgan fingerprint density at radius 2 is 1.89 bits per heavy atom. The summed E-state index contributed by atoms with van der Waals surface area (Å²) in [5, 5.41) is 12.6. The summed E-state index contributed by atoms with van der Waals surface area (Å²) in [6.45, 7) is 2.25. The molecule has 2 fully saturated rings. The molecule has 1 amide bonds. The molecule has 0 spiro atoms. The normalized spacial score (nSPS) is 16.5. The number of carboxylic acid groups (broad SMARTS) is 1. The Labute approximate surface area is 222 Å². The smallest absolute Gasteiger partial charge is 0.309 e. The molecule has 5 rings (SSSR count). The van der Waals surface area contributed by atoms with Crippen LogP contribution in [0.15, 0.2) is 34.7 Å². The van der Waals surface area contributed by atoms with Gasteiger partial charge >= 0.3 is 5.97 Å². The van der Waals surface area contributed by atoms with Crippen LogP contribution in [0, 0.1) is 5.41 Å². The van der Waals surface area contributed by atoms with Crippen molar-refractivity contribution in [3.8, 4) is 11.3 Å². The first-order valence-corrected chi connectivity index (χ1v) is 14.8. The van der Waals surface area contributed by atoms with E-state index >= 15 is 0 Å². The number of sulfonamides is 1. The summed E-state index contributed by atoms with van der Waals surface area (Å²) in [6.07, 6.45) is 4.97. The highest BCUT2D eigenvalue weighted by Crippen LogP contribution is 2.49. The lowest BCUT2D eigenvalue weighted by molar-refractivity contribution is -0.143. The standard InChI is InChI=1S/C28H33N3O6S/c1-3-17-5-7-19(8-6-17)24-23(25(32)29-2)21-15-20(18-9-10-18)22(31-26(21)37-24)16-38(35,36)30-14-4-11-28(12-13-28)27(33)34/h5-8,15,18,30H,3-4,9-14,16H2,1-2H3,(H,29,32)(H,33,34). The molecule has 0 saturated heterocycles. The monoisotopic (exact) mass is 539 g/mol. The number of aromatic nitrogens is 1. The average Bonchev–Trinajstić information content (AvgIpc) is 3.83. The van der Waals surface area contributed by atoms with Gasteiger partial charge in [-0.15, -0.1) is 0 Å². The third-order valence-corrected chi connectivity index (χ3v) is 8.98. The summed E-state index contributed by atoms with van der Waals surface area (Å²) in [6, 6.07) is 9.67. The Bertz CT molecular complexity index is 1490. The molecule has 0 atom stereocenters. The van der Waals surface area contributed by atoms with E-state index in [2.05, 4.69) is 21.9 Å². The fourth-order valence-electron chi connectivity index (χ4n) is 4.99. The van der Waals surface area contributed by atoms with E-state index in [-0.39, 0.29) is 29.8 Å². The number of hydrogen-bond acceptors (Lipinski definition) is 6. The number of benzene rings is 1. The fraction of sp³-hybridized carbons (Fsp3) is 0.464. The highest BCUT2D eigenvalue weighted by atomic mass is 32.2. The zero-order chi connectivity index (χ0) is 27.1. The van der Waals surface area contributed by atoms with E-state index in [9.17, 15) is 23.1 Å². The lowest BCUT2D eigenvalue weighted by Crippen LogP contribution is -2.28. The number of nitrogens with zero attached hydrogens (tertiary/aromatic N) is 1. The van der Waals surface area contributed by atoms with Crippen molar-refractivity contribution < 1.29 is 27.5 Å².